The van der Waals surface area contributed by atoms with Gasteiger partial charge in [-0.05, 0) is 62.8 Å². The first-order valence-electron chi connectivity index (χ1n) is 12.5. The number of fused-ring (bicyclic) bond motifs is 1. The fraction of sp³-hybridized carbons (Fsp3) is 0.480. The summed E-state index contributed by atoms with van der Waals surface area (Å²) in [6.07, 6.45) is 6.70. The monoisotopic (exact) mass is 514 g/mol. The summed E-state index contributed by atoms with van der Waals surface area (Å²) in [6, 6.07) is 6.49. The lowest BCUT2D eigenvalue weighted by Crippen LogP contribution is -2.37. The van der Waals surface area contributed by atoms with E-state index in [1.165, 1.54) is 16.6 Å². The maximum absolute atomic E-state index is 13.2. The second-order valence-corrected chi connectivity index (χ2v) is 9.03. The molecule has 0 bridgehead atoms. The molecule has 1 aliphatic rings. The summed E-state index contributed by atoms with van der Waals surface area (Å²) >= 11 is 0. The van der Waals surface area contributed by atoms with E-state index in [-0.39, 0.29) is 13.0 Å². The van der Waals surface area contributed by atoms with Gasteiger partial charge in [-0.2, -0.15) is 5.10 Å². The van der Waals surface area contributed by atoms with Gasteiger partial charge in [0.15, 0.2) is 5.82 Å². The van der Waals surface area contributed by atoms with E-state index in [9.17, 15) is 18.7 Å². The molecule has 0 aliphatic carbocycles. The third-order valence-corrected chi connectivity index (χ3v) is 6.25. The fourth-order valence-electron chi connectivity index (χ4n) is 4.34. The molecule has 3 N–H and O–H groups in total. The van der Waals surface area contributed by atoms with Crippen LogP contribution in [0.1, 0.15) is 36.9 Å². The number of aromatic nitrogens is 5. The van der Waals surface area contributed by atoms with Crippen molar-refractivity contribution in [3.05, 3.63) is 54.2 Å². The Balaban J connectivity index is 1.28. The summed E-state index contributed by atoms with van der Waals surface area (Å²) < 4.78 is 28.0. The number of nitrogens with zero attached hydrogens (tertiary/aromatic N) is 6. The van der Waals surface area contributed by atoms with E-state index in [1.807, 2.05) is 6.07 Å². The molecule has 1 unspecified atom stereocenters. The Morgan fingerprint density at radius 3 is 2.92 bits per heavy atom. The van der Waals surface area contributed by atoms with Gasteiger partial charge in [0, 0.05) is 37.2 Å². The summed E-state index contributed by atoms with van der Waals surface area (Å²) in [5.41, 5.74) is 2.22. The SMILES string of the molecule is O=C(O)C(CCN(CCCCc1ccc2c(n1)NCCC2)CC(F)F)Nc1cc(-n2cccn2)ncn1. The number of rotatable bonds is 14. The molecule has 1 aliphatic heterocycles. The predicted molar refractivity (Wildman–Crippen MR) is 135 cm³/mol. The van der Waals surface area contributed by atoms with Crippen LogP contribution < -0.4 is 10.6 Å². The van der Waals surface area contributed by atoms with E-state index in [4.69, 9.17) is 0 Å². The van der Waals surface area contributed by atoms with Crippen LogP contribution in [-0.2, 0) is 17.6 Å². The largest absolute Gasteiger partial charge is 0.480 e. The lowest BCUT2D eigenvalue weighted by atomic mass is 10.1. The van der Waals surface area contributed by atoms with E-state index >= 15 is 0 Å². The number of carboxylic acids is 1. The van der Waals surface area contributed by atoms with Crippen LogP contribution in [-0.4, -0.2) is 79.4 Å². The molecule has 4 rings (SSSR count). The number of hydrogen-bond acceptors (Lipinski definition) is 8. The maximum atomic E-state index is 13.2. The number of hydrogen-bond donors (Lipinski definition) is 3. The van der Waals surface area contributed by atoms with Crippen LogP contribution in [0.4, 0.5) is 20.4 Å². The Bertz CT molecular complexity index is 1150. The first-order valence-corrected chi connectivity index (χ1v) is 12.5. The molecule has 0 amide bonds. The van der Waals surface area contributed by atoms with Crippen molar-refractivity contribution in [3.63, 3.8) is 0 Å². The number of carbonyl (C=O) groups is 1. The van der Waals surface area contributed by atoms with Gasteiger partial charge in [0.2, 0.25) is 0 Å². The average Bonchev–Trinajstić information content (AvgIpc) is 3.43. The van der Waals surface area contributed by atoms with E-state index < -0.39 is 25.0 Å². The van der Waals surface area contributed by atoms with Gasteiger partial charge in [-0.3, -0.25) is 4.90 Å². The first-order chi connectivity index (χ1) is 18.0. The lowest BCUT2D eigenvalue weighted by Gasteiger charge is -2.24. The number of nitrogens with one attached hydrogen (secondary N) is 2. The minimum atomic E-state index is -2.50. The fourth-order valence-corrected chi connectivity index (χ4v) is 4.34. The molecule has 3 aromatic rings. The van der Waals surface area contributed by atoms with Crippen molar-refractivity contribution in [2.75, 3.05) is 36.8 Å². The topological polar surface area (TPSA) is 121 Å². The third-order valence-electron chi connectivity index (χ3n) is 6.25. The molecular formula is C25H32F2N8O2. The summed E-state index contributed by atoms with van der Waals surface area (Å²) in [5, 5.41) is 20.0. The maximum Gasteiger partial charge on any atom is 0.326 e. The first kappa shape index (κ1) is 26.4. The number of aryl methyl sites for hydroxylation is 2. The van der Waals surface area contributed by atoms with Crippen LogP contribution in [0.5, 0.6) is 0 Å². The van der Waals surface area contributed by atoms with Crippen LogP contribution in [0, 0.1) is 0 Å². The number of anilines is 2. The number of halogens is 2. The van der Waals surface area contributed by atoms with Gasteiger partial charge in [0.05, 0.1) is 6.54 Å². The standard InChI is InChI=1S/C25H32F2N8O2/c26-21(27)16-34(12-2-1-6-19-8-7-18-5-3-10-28-24(18)32-19)14-9-20(25(36)37)33-22-15-23(30-17-29-22)35-13-4-11-31-35/h4,7-8,11,13,15,17,20-21H,1-3,5-6,9-10,12,14,16H2,(H,28,32)(H,36,37)(H,29,30,33). The van der Waals surface area contributed by atoms with Crippen molar-refractivity contribution in [2.24, 2.45) is 0 Å². The molecule has 0 saturated carbocycles. The van der Waals surface area contributed by atoms with Crippen LogP contribution in [0.15, 0.2) is 43.0 Å². The van der Waals surface area contributed by atoms with Crippen LogP contribution >= 0.6 is 0 Å². The Labute approximate surface area is 214 Å². The molecule has 3 aromatic heterocycles. The van der Waals surface area contributed by atoms with Gasteiger partial charge in [0.1, 0.15) is 24.0 Å². The number of carboxylic acid groups (broad SMARTS) is 1. The zero-order valence-corrected chi connectivity index (χ0v) is 20.6. The Kier molecular flexibility index (Phi) is 9.30. The van der Waals surface area contributed by atoms with Crippen LogP contribution in [0.25, 0.3) is 5.82 Å². The molecule has 0 radical (unpaired) electrons. The van der Waals surface area contributed by atoms with E-state index in [1.54, 1.807) is 29.4 Å². The van der Waals surface area contributed by atoms with Crippen LogP contribution in [0.2, 0.25) is 0 Å². The van der Waals surface area contributed by atoms with Crippen molar-refractivity contribution < 1.29 is 18.7 Å². The van der Waals surface area contributed by atoms with Crippen molar-refractivity contribution in [3.8, 4) is 5.82 Å². The van der Waals surface area contributed by atoms with Crippen molar-refractivity contribution in [2.45, 2.75) is 51.0 Å². The second kappa shape index (κ2) is 13.0. The number of alkyl halides is 2. The molecule has 198 valence electrons. The average molecular weight is 515 g/mol. The van der Waals surface area contributed by atoms with Crippen molar-refractivity contribution in [1.82, 2.24) is 29.6 Å². The van der Waals surface area contributed by atoms with Gasteiger partial charge in [-0.1, -0.05) is 6.07 Å². The van der Waals surface area contributed by atoms with Gasteiger partial charge in [0.25, 0.3) is 6.43 Å². The molecular weight excluding hydrogens is 482 g/mol. The zero-order chi connectivity index (χ0) is 26.0. The lowest BCUT2D eigenvalue weighted by molar-refractivity contribution is -0.138. The van der Waals surface area contributed by atoms with Gasteiger partial charge >= 0.3 is 5.97 Å². The highest BCUT2D eigenvalue weighted by Crippen LogP contribution is 2.20. The Hall–Kier alpha value is -3.67. The molecule has 0 saturated heterocycles. The van der Waals surface area contributed by atoms with Crippen molar-refractivity contribution >= 4 is 17.6 Å². The highest BCUT2D eigenvalue weighted by molar-refractivity contribution is 5.76. The predicted octanol–water partition coefficient (Wildman–Crippen LogP) is 3.26. The summed E-state index contributed by atoms with van der Waals surface area (Å²) in [6.45, 7) is 1.20. The van der Waals surface area contributed by atoms with E-state index in [0.29, 0.717) is 24.6 Å². The second-order valence-electron chi connectivity index (χ2n) is 9.03. The smallest absolute Gasteiger partial charge is 0.326 e. The normalized spacial score (nSPS) is 13.8. The van der Waals surface area contributed by atoms with Gasteiger partial charge < -0.3 is 15.7 Å². The number of unbranched alkanes of at least 4 members (excludes halogenated alkanes) is 1. The summed E-state index contributed by atoms with van der Waals surface area (Å²) in [7, 11) is 0. The quantitative estimate of drug-likeness (QED) is 0.278. The van der Waals surface area contributed by atoms with E-state index in [0.717, 1.165) is 43.7 Å². The Morgan fingerprint density at radius 2 is 2.14 bits per heavy atom. The molecule has 12 heteroatoms. The molecule has 10 nitrogen and oxygen atoms in total. The third kappa shape index (κ3) is 7.91. The molecule has 0 fully saturated rings. The summed E-state index contributed by atoms with van der Waals surface area (Å²) in [5.74, 6) is 0.676. The zero-order valence-electron chi connectivity index (χ0n) is 20.6. The molecule has 4 heterocycles. The van der Waals surface area contributed by atoms with Gasteiger partial charge in [-0.25, -0.2) is 33.2 Å². The highest BCUT2D eigenvalue weighted by atomic mass is 19.3. The minimum absolute atomic E-state index is 0.140. The van der Waals surface area contributed by atoms with E-state index in [2.05, 4.69) is 36.8 Å². The highest BCUT2D eigenvalue weighted by Gasteiger charge is 2.21. The van der Waals surface area contributed by atoms with Gasteiger partial charge in [-0.15, -0.1) is 0 Å². The molecule has 37 heavy (non-hydrogen) atoms. The van der Waals surface area contributed by atoms with Crippen LogP contribution in [0.3, 0.4) is 0 Å². The minimum Gasteiger partial charge on any atom is -0.480 e. The number of aliphatic carboxylic acids is 1. The molecule has 0 aromatic carbocycles. The summed E-state index contributed by atoms with van der Waals surface area (Å²) in [4.78, 5) is 26.4. The Morgan fingerprint density at radius 1 is 1.24 bits per heavy atom. The molecule has 0 spiro atoms. The van der Waals surface area contributed by atoms with Crippen molar-refractivity contribution in [1.29, 1.82) is 0 Å². The molecule has 1 atom stereocenters. The number of pyridine rings is 1.